The summed E-state index contributed by atoms with van der Waals surface area (Å²) in [5, 5.41) is 10.5. The fourth-order valence-electron chi connectivity index (χ4n) is 1.58. The highest BCUT2D eigenvalue weighted by Gasteiger charge is 2.05. The Hall–Kier alpha value is -2.14. The van der Waals surface area contributed by atoms with E-state index in [0.29, 0.717) is 12.4 Å². The van der Waals surface area contributed by atoms with Crippen LogP contribution >= 0.6 is 0 Å². The van der Waals surface area contributed by atoms with Gasteiger partial charge in [0.25, 0.3) is 5.69 Å². The number of nitro groups is 1. The van der Waals surface area contributed by atoms with E-state index in [1.807, 2.05) is 12.2 Å². The molecular weight excluding hydrogens is 244 g/mol. The van der Waals surface area contributed by atoms with Crippen molar-refractivity contribution in [2.45, 2.75) is 0 Å². The molecule has 1 aromatic carbocycles. The van der Waals surface area contributed by atoms with Crippen molar-refractivity contribution in [3.05, 3.63) is 59.7 Å². The summed E-state index contributed by atoms with van der Waals surface area (Å²) in [6, 6.07) is 6.06. The number of hydrogen-bond acceptors (Lipinski definition) is 4. The maximum Gasteiger partial charge on any atom is 0.269 e. The first kappa shape index (κ1) is 14.9. The van der Waals surface area contributed by atoms with E-state index < -0.39 is 4.92 Å². The number of nitro benzene ring substituents is 1. The molecule has 0 N–H and O–H groups in total. The Morgan fingerprint density at radius 2 is 1.79 bits per heavy atom. The van der Waals surface area contributed by atoms with Crippen molar-refractivity contribution in [2.24, 2.45) is 0 Å². The van der Waals surface area contributed by atoms with E-state index in [9.17, 15) is 10.1 Å². The smallest absolute Gasteiger partial charge is 0.269 e. The van der Waals surface area contributed by atoms with Gasteiger partial charge >= 0.3 is 0 Å². The average Bonchev–Trinajstić information content (AvgIpc) is 2.40. The predicted octanol–water partition coefficient (Wildman–Crippen LogP) is 2.65. The molecule has 0 radical (unpaired) electrons. The second kappa shape index (κ2) is 8.05. The average molecular weight is 262 g/mol. The fourth-order valence-corrected chi connectivity index (χ4v) is 1.58. The van der Waals surface area contributed by atoms with Crippen LogP contribution in [0, 0.1) is 10.1 Å². The molecule has 0 fully saturated rings. The predicted molar refractivity (Wildman–Crippen MR) is 75.4 cm³/mol. The molecular formula is C14H18N2O3. The number of benzene rings is 1. The second-order valence-electron chi connectivity index (χ2n) is 3.94. The summed E-state index contributed by atoms with van der Waals surface area (Å²) in [6.07, 6.45) is 3.66. The van der Waals surface area contributed by atoms with Crippen LogP contribution in [-0.2, 0) is 0 Å². The van der Waals surface area contributed by atoms with Gasteiger partial charge in [-0.15, -0.1) is 13.2 Å². The molecule has 0 aromatic heterocycles. The highest BCUT2D eigenvalue weighted by molar-refractivity contribution is 5.35. The maximum absolute atomic E-state index is 10.5. The summed E-state index contributed by atoms with van der Waals surface area (Å²) in [7, 11) is 0. The molecule has 0 bridgehead atoms. The van der Waals surface area contributed by atoms with Gasteiger partial charge in [0.2, 0.25) is 0 Å². The third-order valence-corrected chi connectivity index (χ3v) is 2.50. The Bertz CT molecular complexity index is 419. The third-order valence-electron chi connectivity index (χ3n) is 2.50. The summed E-state index contributed by atoms with van der Waals surface area (Å²) in [6.45, 7) is 10.2. The van der Waals surface area contributed by atoms with Gasteiger partial charge in [-0.05, 0) is 12.1 Å². The molecule has 0 atom stereocenters. The van der Waals surface area contributed by atoms with Crippen LogP contribution in [0.25, 0.3) is 0 Å². The number of non-ortho nitro benzene ring substituents is 1. The van der Waals surface area contributed by atoms with Crippen LogP contribution in [0.1, 0.15) is 0 Å². The molecule has 5 nitrogen and oxygen atoms in total. The minimum Gasteiger partial charge on any atom is -0.492 e. The summed E-state index contributed by atoms with van der Waals surface area (Å²) >= 11 is 0. The van der Waals surface area contributed by atoms with Crippen molar-refractivity contribution in [3.8, 4) is 5.75 Å². The zero-order valence-electron chi connectivity index (χ0n) is 10.8. The SMILES string of the molecule is C=CCN(CC=C)CCOc1ccc([N+](=O)[O-])cc1. The van der Waals surface area contributed by atoms with Crippen LogP contribution in [0.4, 0.5) is 5.69 Å². The lowest BCUT2D eigenvalue weighted by Gasteiger charge is -2.18. The lowest BCUT2D eigenvalue weighted by Crippen LogP contribution is -2.28. The van der Waals surface area contributed by atoms with Gasteiger partial charge in [-0.25, -0.2) is 0 Å². The highest BCUT2D eigenvalue weighted by atomic mass is 16.6. The normalized spacial score (nSPS) is 10.2. The van der Waals surface area contributed by atoms with E-state index >= 15 is 0 Å². The molecule has 0 saturated carbocycles. The van der Waals surface area contributed by atoms with Gasteiger partial charge in [-0.2, -0.15) is 0 Å². The molecule has 0 saturated heterocycles. The monoisotopic (exact) mass is 262 g/mol. The van der Waals surface area contributed by atoms with Crippen molar-refractivity contribution in [2.75, 3.05) is 26.2 Å². The van der Waals surface area contributed by atoms with E-state index in [-0.39, 0.29) is 5.69 Å². The Labute approximate surface area is 112 Å². The maximum atomic E-state index is 10.5. The van der Waals surface area contributed by atoms with Crippen molar-refractivity contribution < 1.29 is 9.66 Å². The molecule has 19 heavy (non-hydrogen) atoms. The molecule has 0 aliphatic carbocycles. The zero-order valence-corrected chi connectivity index (χ0v) is 10.8. The van der Waals surface area contributed by atoms with E-state index in [2.05, 4.69) is 18.1 Å². The van der Waals surface area contributed by atoms with E-state index in [0.717, 1.165) is 19.6 Å². The lowest BCUT2D eigenvalue weighted by molar-refractivity contribution is -0.384. The molecule has 0 spiro atoms. The highest BCUT2D eigenvalue weighted by Crippen LogP contribution is 2.17. The molecule has 102 valence electrons. The Morgan fingerprint density at radius 3 is 2.26 bits per heavy atom. The topological polar surface area (TPSA) is 55.6 Å². The largest absolute Gasteiger partial charge is 0.492 e. The molecule has 1 aromatic rings. The summed E-state index contributed by atoms with van der Waals surface area (Å²) in [5.41, 5.74) is 0.0623. The third kappa shape index (κ3) is 5.35. The van der Waals surface area contributed by atoms with Crippen LogP contribution in [0.3, 0.4) is 0 Å². The molecule has 0 unspecified atom stereocenters. The Morgan fingerprint density at radius 1 is 1.21 bits per heavy atom. The van der Waals surface area contributed by atoms with Gasteiger partial charge in [-0.1, -0.05) is 12.2 Å². The van der Waals surface area contributed by atoms with Crippen LogP contribution in [0.2, 0.25) is 0 Å². The van der Waals surface area contributed by atoms with Gasteiger partial charge in [0.05, 0.1) is 4.92 Å². The summed E-state index contributed by atoms with van der Waals surface area (Å²) in [5.74, 6) is 0.628. The first-order chi connectivity index (χ1) is 9.17. The van der Waals surface area contributed by atoms with Gasteiger partial charge in [0.15, 0.2) is 0 Å². The first-order valence-electron chi connectivity index (χ1n) is 5.98. The molecule has 0 aliphatic heterocycles. The van der Waals surface area contributed by atoms with Crippen LogP contribution in [0.5, 0.6) is 5.75 Å². The number of rotatable bonds is 9. The zero-order chi connectivity index (χ0) is 14.1. The minimum atomic E-state index is -0.431. The van der Waals surface area contributed by atoms with Crippen molar-refractivity contribution >= 4 is 5.69 Å². The first-order valence-corrected chi connectivity index (χ1v) is 5.98. The van der Waals surface area contributed by atoms with Crippen molar-refractivity contribution in [1.82, 2.24) is 4.90 Å². The van der Waals surface area contributed by atoms with E-state index in [1.54, 1.807) is 12.1 Å². The molecule has 0 aliphatic rings. The fraction of sp³-hybridized carbons (Fsp3) is 0.286. The molecule has 0 amide bonds. The van der Waals surface area contributed by atoms with Crippen LogP contribution in [0.15, 0.2) is 49.6 Å². The number of nitrogens with zero attached hydrogens (tertiary/aromatic N) is 2. The van der Waals surface area contributed by atoms with Gasteiger partial charge in [0.1, 0.15) is 12.4 Å². The Kier molecular flexibility index (Phi) is 6.32. The van der Waals surface area contributed by atoms with Gasteiger partial charge in [0, 0.05) is 31.8 Å². The van der Waals surface area contributed by atoms with Crippen molar-refractivity contribution in [1.29, 1.82) is 0 Å². The van der Waals surface area contributed by atoms with E-state index in [1.165, 1.54) is 12.1 Å². The van der Waals surface area contributed by atoms with Gasteiger partial charge in [-0.3, -0.25) is 15.0 Å². The van der Waals surface area contributed by atoms with Crippen molar-refractivity contribution in [3.63, 3.8) is 0 Å². The van der Waals surface area contributed by atoms with Crippen LogP contribution in [-0.4, -0.2) is 36.1 Å². The summed E-state index contributed by atoms with van der Waals surface area (Å²) < 4.78 is 5.53. The Balaban J connectivity index is 2.41. The minimum absolute atomic E-state index is 0.0623. The molecule has 0 heterocycles. The summed E-state index contributed by atoms with van der Waals surface area (Å²) in [4.78, 5) is 12.2. The lowest BCUT2D eigenvalue weighted by atomic mass is 10.3. The number of hydrogen-bond donors (Lipinski definition) is 0. The van der Waals surface area contributed by atoms with Crippen LogP contribution < -0.4 is 4.74 Å². The van der Waals surface area contributed by atoms with E-state index in [4.69, 9.17) is 4.74 Å². The number of ether oxygens (including phenoxy) is 1. The van der Waals surface area contributed by atoms with Gasteiger partial charge < -0.3 is 4.74 Å². The molecule has 5 heteroatoms. The quantitative estimate of drug-likeness (QED) is 0.390. The standard InChI is InChI=1S/C14H18N2O3/c1-3-9-15(10-4-2)11-12-19-14-7-5-13(6-8-14)16(17)18/h3-8H,1-2,9-12H2. The second-order valence-corrected chi connectivity index (χ2v) is 3.94. The molecule has 1 rings (SSSR count).